The number of sulfonamides is 1. The molecule has 4 nitrogen and oxygen atoms in total. The van der Waals surface area contributed by atoms with Gasteiger partial charge < -0.3 is 0 Å². The Labute approximate surface area is 93.8 Å². The standard InChI is InChI=1S/C7H3BrClNO3S/c8-5-1-2-7(6(9)3-5)14(12,13)10-4-11/h1-3H. The highest BCUT2D eigenvalue weighted by molar-refractivity contribution is 9.10. The van der Waals surface area contributed by atoms with E-state index < -0.39 is 10.0 Å². The van der Waals surface area contributed by atoms with Gasteiger partial charge in [-0.15, -0.1) is 0 Å². The van der Waals surface area contributed by atoms with Crippen LogP contribution in [0.25, 0.3) is 0 Å². The van der Waals surface area contributed by atoms with Gasteiger partial charge in [-0.1, -0.05) is 31.9 Å². The molecule has 0 fully saturated rings. The molecule has 0 saturated carbocycles. The Morgan fingerprint density at radius 2 is 2.07 bits per heavy atom. The Kier molecular flexibility index (Phi) is 3.44. The molecule has 0 saturated heterocycles. The Morgan fingerprint density at radius 1 is 1.43 bits per heavy atom. The zero-order valence-corrected chi connectivity index (χ0v) is 9.73. The molecule has 7 heteroatoms. The van der Waals surface area contributed by atoms with E-state index in [9.17, 15) is 13.2 Å². The van der Waals surface area contributed by atoms with Crippen molar-refractivity contribution in [2.45, 2.75) is 4.90 Å². The molecule has 0 spiro atoms. The third-order valence-electron chi connectivity index (χ3n) is 1.33. The zero-order valence-electron chi connectivity index (χ0n) is 6.57. The smallest absolute Gasteiger partial charge is 0.210 e. The fraction of sp³-hybridized carbons (Fsp3) is 0. The van der Waals surface area contributed by atoms with Gasteiger partial charge in [-0.05, 0) is 18.2 Å². The second-order valence-electron chi connectivity index (χ2n) is 2.23. The van der Waals surface area contributed by atoms with Crippen LogP contribution in [0, 0.1) is 0 Å². The summed E-state index contributed by atoms with van der Waals surface area (Å²) in [5, 5.41) is -0.00150. The first-order chi connectivity index (χ1) is 6.47. The van der Waals surface area contributed by atoms with E-state index in [0.29, 0.717) is 4.47 Å². The molecule has 0 N–H and O–H groups in total. The minimum absolute atomic E-state index is 0.00150. The topological polar surface area (TPSA) is 63.6 Å². The summed E-state index contributed by atoms with van der Waals surface area (Å²) in [6.07, 6.45) is 0.965. The second-order valence-corrected chi connectivity index (χ2v) is 5.13. The van der Waals surface area contributed by atoms with Gasteiger partial charge in [0.25, 0.3) is 16.1 Å². The van der Waals surface area contributed by atoms with Crippen molar-refractivity contribution in [3.8, 4) is 0 Å². The van der Waals surface area contributed by atoms with Crippen molar-refractivity contribution in [1.82, 2.24) is 0 Å². The summed E-state index contributed by atoms with van der Waals surface area (Å²) >= 11 is 8.77. The summed E-state index contributed by atoms with van der Waals surface area (Å²) in [5.74, 6) is 0. The molecule has 0 unspecified atom stereocenters. The molecule has 0 aliphatic rings. The molecular formula is C7H3BrClNO3S. The lowest BCUT2D eigenvalue weighted by molar-refractivity contribution is 0.563. The maximum atomic E-state index is 11.2. The van der Waals surface area contributed by atoms with Crippen molar-refractivity contribution >= 4 is 43.6 Å². The van der Waals surface area contributed by atoms with Crippen molar-refractivity contribution in [2.24, 2.45) is 4.40 Å². The number of isocyanates is 1. The third kappa shape index (κ3) is 2.42. The molecule has 14 heavy (non-hydrogen) atoms. The van der Waals surface area contributed by atoms with Crippen LogP contribution in [0.5, 0.6) is 0 Å². The van der Waals surface area contributed by atoms with Crippen LogP contribution in [0.4, 0.5) is 0 Å². The molecular weight excluding hydrogens is 294 g/mol. The summed E-state index contributed by atoms with van der Waals surface area (Å²) in [7, 11) is -4.01. The number of carbonyl (C=O) groups excluding carboxylic acids is 1. The number of hydrogen-bond donors (Lipinski definition) is 0. The molecule has 1 aromatic carbocycles. The molecule has 0 aromatic heterocycles. The largest absolute Gasteiger partial charge is 0.294 e. The predicted octanol–water partition coefficient (Wildman–Crippen LogP) is 2.13. The van der Waals surface area contributed by atoms with E-state index in [1.807, 2.05) is 0 Å². The molecule has 0 heterocycles. The molecule has 0 aliphatic carbocycles. The predicted molar refractivity (Wildman–Crippen MR) is 54.5 cm³/mol. The summed E-state index contributed by atoms with van der Waals surface area (Å²) < 4.78 is 25.8. The van der Waals surface area contributed by atoms with E-state index in [1.165, 1.54) is 18.2 Å². The Morgan fingerprint density at radius 3 is 2.57 bits per heavy atom. The van der Waals surface area contributed by atoms with Gasteiger partial charge >= 0.3 is 0 Å². The normalized spacial score (nSPS) is 10.7. The van der Waals surface area contributed by atoms with E-state index in [2.05, 4.69) is 20.3 Å². The molecule has 0 aliphatic heterocycles. The molecule has 74 valence electrons. The Hall–Kier alpha value is -0.680. The van der Waals surface area contributed by atoms with Crippen molar-refractivity contribution in [2.75, 3.05) is 0 Å². The lowest BCUT2D eigenvalue weighted by Gasteiger charge is -1.99. The summed E-state index contributed by atoms with van der Waals surface area (Å²) in [6, 6.07) is 4.14. The number of rotatable bonds is 2. The van der Waals surface area contributed by atoms with E-state index in [1.54, 1.807) is 0 Å². The Bertz CT molecular complexity index is 508. The fourth-order valence-corrected chi connectivity index (χ4v) is 2.49. The average Bonchev–Trinajstić information content (AvgIpc) is 2.02. The van der Waals surface area contributed by atoms with Crippen molar-refractivity contribution in [3.05, 3.63) is 27.7 Å². The van der Waals surface area contributed by atoms with Gasteiger partial charge in [0.1, 0.15) is 4.90 Å². The van der Waals surface area contributed by atoms with E-state index in [0.717, 1.165) is 6.08 Å². The second kappa shape index (κ2) is 4.23. The van der Waals surface area contributed by atoms with Crippen molar-refractivity contribution in [3.63, 3.8) is 0 Å². The molecule has 0 bridgehead atoms. The Balaban J connectivity index is 3.41. The first kappa shape index (κ1) is 11.4. The van der Waals surface area contributed by atoms with E-state index in [4.69, 9.17) is 11.6 Å². The summed E-state index contributed by atoms with van der Waals surface area (Å²) in [4.78, 5) is 9.63. The maximum Gasteiger partial charge on any atom is 0.294 e. The van der Waals surface area contributed by atoms with Crippen LogP contribution in [0.1, 0.15) is 0 Å². The van der Waals surface area contributed by atoms with Crippen LogP contribution in [0.3, 0.4) is 0 Å². The SMILES string of the molecule is O=C=NS(=O)(=O)c1ccc(Br)cc1Cl. The minimum Gasteiger partial charge on any atom is -0.210 e. The maximum absolute atomic E-state index is 11.2. The van der Waals surface area contributed by atoms with Crippen LogP contribution in [0.15, 0.2) is 32.0 Å². The van der Waals surface area contributed by atoms with Crippen molar-refractivity contribution < 1.29 is 13.2 Å². The van der Waals surface area contributed by atoms with Gasteiger partial charge in [0.15, 0.2) is 0 Å². The quantitative estimate of drug-likeness (QED) is 0.620. The number of halogens is 2. The lowest BCUT2D eigenvalue weighted by atomic mass is 10.4. The highest BCUT2D eigenvalue weighted by atomic mass is 79.9. The van der Waals surface area contributed by atoms with Gasteiger partial charge in [0.2, 0.25) is 0 Å². The number of nitrogens with zero attached hydrogens (tertiary/aromatic N) is 1. The van der Waals surface area contributed by atoms with Crippen molar-refractivity contribution in [1.29, 1.82) is 0 Å². The fourth-order valence-electron chi connectivity index (χ4n) is 0.783. The highest BCUT2D eigenvalue weighted by Crippen LogP contribution is 2.26. The monoisotopic (exact) mass is 295 g/mol. The van der Waals surface area contributed by atoms with Gasteiger partial charge in [-0.2, -0.15) is 8.42 Å². The zero-order chi connectivity index (χ0) is 10.8. The third-order valence-corrected chi connectivity index (χ3v) is 3.47. The van der Waals surface area contributed by atoms with Crippen LogP contribution in [-0.4, -0.2) is 14.5 Å². The van der Waals surface area contributed by atoms with Crippen LogP contribution in [-0.2, 0) is 14.8 Å². The molecule has 0 amide bonds. The first-order valence-corrected chi connectivity index (χ1v) is 5.87. The first-order valence-electron chi connectivity index (χ1n) is 3.26. The summed E-state index contributed by atoms with van der Waals surface area (Å²) in [5.41, 5.74) is 0. The number of benzene rings is 1. The molecule has 1 aromatic rings. The van der Waals surface area contributed by atoms with Gasteiger partial charge in [0, 0.05) is 4.47 Å². The van der Waals surface area contributed by atoms with Crippen LogP contribution >= 0.6 is 27.5 Å². The highest BCUT2D eigenvalue weighted by Gasteiger charge is 2.16. The minimum atomic E-state index is -4.01. The van der Waals surface area contributed by atoms with E-state index >= 15 is 0 Å². The summed E-state index contributed by atoms with van der Waals surface area (Å²) in [6.45, 7) is 0. The van der Waals surface area contributed by atoms with Gasteiger partial charge in [-0.25, -0.2) is 4.79 Å². The van der Waals surface area contributed by atoms with Crippen LogP contribution in [0.2, 0.25) is 5.02 Å². The molecule has 0 atom stereocenters. The number of hydrogen-bond acceptors (Lipinski definition) is 3. The van der Waals surface area contributed by atoms with E-state index in [-0.39, 0.29) is 9.92 Å². The van der Waals surface area contributed by atoms with Gasteiger partial charge in [-0.3, -0.25) is 0 Å². The lowest BCUT2D eigenvalue weighted by Crippen LogP contribution is -1.96. The molecule has 0 radical (unpaired) electrons. The molecule has 1 rings (SSSR count). The van der Waals surface area contributed by atoms with Crippen LogP contribution < -0.4 is 0 Å². The van der Waals surface area contributed by atoms with Gasteiger partial charge in [0.05, 0.1) is 5.02 Å². The average molecular weight is 297 g/mol.